The minimum atomic E-state index is -0.845. The molecule has 0 aliphatic carbocycles. The van der Waals surface area contributed by atoms with Crippen LogP contribution in [0.4, 0.5) is 11.4 Å². The number of rotatable bonds is 8. The van der Waals surface area contributed by atoms with Crippen molar-refractivity contribution in [1.29, 1.82) is 0 Å². The quantitative estimate of drug-likeness (QED) is 0.227. The zero-order chi connectivity index (χ0) is 27.6. The van der Waals surface area contributed by atoms with Gasteiger partial charge in [0.05, 0.1) is 23.8 Å². The second-order valence-electron chi connectivity index (χ2n) is 10.0. The number of aliphatic hydroxyl groups is 1. The summed E-state index contributed by atoms with van der Waals surface area (Å²) in [6.07, 6.45) is -0.0549. The highest BCUT2D eigenvalue weighted by Crippen LogP contribution is 2.43. The van der Waals surface area contributed by atoms with E-state index >= 15 is 0 Å². The zero-order valence-corrected chi connectivity index (χ0v) is 22.6. The topological polar surface area (TPSA) is 79.3 Å². The van der Waals surface area contributed by atoms with Crippen LogP contribution in [0.15, 0.2) is 78.4 Å². The Labute approximate surface area is 223 Å². The minimum absolute atomic E-state index is 0.000935. The number of benzene rings is 3. The molecular weight excluding hydrogens is 480 g/mol. The van der Waals surface area contributed by atoms with Crippen LogP contribution in [-0.2, 0) is 9.59 Å². The summed E-state index contributed by atoms with van der Waals surface area (Å²) in [5.41, 5.74) is 2.60. The van der Waals surface area contributed by atoms with Crippen molar-refractivity contribution in [2.75, 3.05) is 23.9 Å². The van der Waals surface area contributed by atoms with E-state index in [1.54, 1.807) is 36.4 Å². The molecule has 0 bridgehead atoms. The van der Waals surface area contributed by atoms with Crippen LogP contribution >= 0.6 is 0 Å². The summed E-state index contributed by atoms with van der Waals surface area (Å²) in [6, 6.07) is 20.7. The van der Waals surface area contributed by atoms with Gasteiger partial charge in [0.15, 0.2) is 0 Å². The third-order valence-electron chi connectivity index (χ3n) is 6.13. The van der Waals surface area contributed by atoms with Gasteiger partial charge >= 0.3 is 0 Å². The van der Waals surface area contributed by atoms with Gasteiger partial charge in [-0.2, -0.15) is 0 Å². The van der Waals surface area contributed by atoms with Crippen molar-refractivity contribution < 1.29 is 24.2 Å². The van der Waals surface area contributed by atoms with Crippen LogP contribution in [0.1, 0.15) is 44.9 Å². The molecule has 0 saturated carbocycles. The number of carbonyl (C=O) groups excluding carboxylic acids is 2. The first-order chi connectivity index (χ1) is 18.1. The Balaban J connectivity index is 1.86. The maximum atomic E-state index is 13.5. The monoisotopic (exact) mass is 514 g/mol. The fourth-order valence-electron chi connectivity index (χ4n) is 4.47. The molecule has 38 heavy (non-hydrogen) atoms. The molecule has 1 N–H and O–H groups in total. The van der Waals surface area contributed by atoms with Crippen molar-refractivity contribution in [2.24, 2.45) is 0 Å². The summed E-state index contributed by atoms with van der Waals surface area (Å²) >= 11 is 0. The molecule has 4 rings (SSSR count). The maximum Gasteiger partial charge on any atom is 0.300 e. The summed E-state index contributed by atoms with van der Waals surface area (Å²) in [6.45, 7) is 7.71. The van der Waals surface area contributed by atoms with Crippen LogP contribution in [0.25, 0.3) is 5.76 Å². The molecule has 1 amide bonds. The van der Waals surface area contributed by atoms with Crippen LogP contribution in [0.2, 0.25) is 0 Å². The van der Waals surface area contributed by atoms with Gasteiger partial charge in [-0.15, -0.1) is 0 Å². The number of anilines is 2. The fourth-order valence-corrected chi connectivity index (χ4v) is 4.47. The van der Waals surface area contributed by atoms with Gasteiger partial charge in [-0.3, -0.25) is 14.5 Å². The Morgan fingerprint density at radius 3 is 2.03 bits per heavy atom. The molecule has 0 spiro atoms. The lowest BCUT2D eigenvalue weighted by Crippen LogP contribution is -2.29. The number of Topliss-reactive ketones (excluding diaryl/α,β-unsaturated/α-hetero) is 1. The maximum absolute atomic E-state index is 13.5. The van der Waals surface area contributed by atoms with Crippen LogP contribution in [0.3, 0.4) is 0 Å². The number of aliphatic hydroxyl groups excluding tert-OH is 1. The van der Waals surface area contributed by atoms with Gasteiger partial charge in [0.2, 0.25) is 0 Å². The van der Waals surface area contributed by atoms with Gasteiger partial charge < -0.3 is 19.5 Å². The molecule has 1 atom stereocenters. The summed E-state index contributed by atoms with van der Waals surface area (Å²) in [5, 5.41) is 11.4. The third kappa shape index (κ3) is 5.52. The average molecular weight is 515 g/mol. The van der Waals surface area contributed by atoms with Crippen LogP contribution in [-0.4, -0.2) is 43.1 Å². The number of hydrogen-bond donors (Lipinski definition) is 1. The van der Waals surface area contributed by atoms with E-state index in [0.717, 1.165) is 5.69 Å². The van der Waals surface area contributed by atoms with Gasteiger partial charge in [-0.05, 0) is 93.9 Å². The zero-order valence-electron chi connectivity index (χ0n) is 22.6. The number of carbonyl (C=O) groups is 2. The lowest BCUT2D eigenvalue weighted by molar-refractivity contribution is -0.132. The molecule has 0 radical (unpaired) electrons. The molecule has 1 fully saturated rings. The number of ether oxygens (including phenoxy) is 2. The first-order valence-corrected chi connectivity index (χ1v) is 12.7. The van der Waals surface area contributed by atoms with E-state index in [9.17, 15) is 14.7 Å². The summed E-state index contributed by atoms with van der Waals surface area (Å²) < 4.78 is 11.6. The SMILES string of the molecule is CC(C)Oc1ccc(/C(O)=C2/C(=O)C(=O)N(c3ccc(N(C)C)cc3)C2c2cccc(OC(C)C)c2)cc1. The number of hydrogen-bond acceptors (Lipinski definition) is 6. The molecule has 1 aliphatic heterocycles. The van der Waals surface area contributed by atoms with Crippen LogP contribution < -0.4 is 19.3 Å². The summed E-state index contributed by atoms with van der Waals surface area (Å²) in [5.74, 6) is -0.438. The number of ketones is 1. The van der Waals surface area contributed by atoms with E-state index in [-0.39, 0.29) is 23.5 Å². The molecule has 0 aromatic heterocycles. The van der Waals surface area contributed by atoms with E-state index in [2.05, 4.69) is 0 Å². The van der Waals surface area contributed by atoms with Gasteiger partial charge in [-0.25, -0.2) is 0 Å². The molecule has 1 heterocycles. The van der Waals surface area contributed by atoms with Gasteiger partial charge in [-0.1, -0.05) is 12.1 Å². The van der Waals surface area contributed by atoms with E-state index in [0.29, 0.717) is 28.3 Å². The van der Waals surface area contributed by atoms with E-state index in [1.165, 1.54) is 4.90 Å². The van der Waals surface area contributed by atoms with Gasteiger partial charge in [0.1, 0.15) is 17.3 Å². The Morgan fingerprint density at radius 1 is 0.842 bits per heavy atom. The predicted molar refractivity (Wildman–Crippen MR) is 150 cm³/mol. The first kappa shape index (κ1) is 26.8. The highest BCUT2D eigenvalue weighted by atomic mass is 16.5. The van der Waals surface area contributed by atoms with Crippen molar-refractivity contribution >= 4 is 28.8 Å². The smallest absolute Gasteiger partial charge is 0.300 e. The third-order valence-corrected chi connectivity index (χ3v) is 6.13. The van der Waals surface area contributed by atoms with E-state index in [4.69, 9.17) is 9.47 Å². The predicted octanol–water partition coefficient (Wildman–Crippen LogP) is 5.95. The highest BCUT2D eigenvalue weighted by Gasteiger charge is 2.47. The Bertz CT molecular complexity index is 1340. The lowest BCUT2D eigenvalue weighted by Gasteiger charge is -2.26. The summed E-state index contributed by atoms with van der Waals surface area (Å²) in [7, 11) is 3.86. The molecule has 3 aromatic carbocycles. The van der Waals surface area contributed by atoms with E-state index in [1.807, 2.05) is 83.1 Å². The standard InChI is InChI=1S/C31H34N2O5/c1-19(2)37-25-16-10-21(11-17-25)29(34)27-28(22-8-7-9-26(18-22)38-20(3)4)33(31(36)30(27)35)24-14-12-23(13-15-24)32(5)6/h7-20,28,34H,1-6H3/b29-27-. The molecule has 1 aliphatic rings. The highest BCUT2D eigenvalue weighted by molar-refractivity contribution is 6.51. The number of nitrogens with zero attached hydrogens (tertiary/aromatic N) is 2. The van der Waals surface area contributed by atoms with Crippen molar-refractivity contribution in [3.8, 4) is 11.5 Å². The minimum Gasteiger partial charge on any atom is -0.507 e. The fraction of sp³-hybridized carbons (Fsp3) is 0.290. The van der Waals surface area contributed by atoms with Crippen molar-refractivity contribution in [3.05, 3.63) is 89.5 Å². The van der Waals surface area contributed by atoms with Gasteiger partial charge in [0.25, 0.3) is 11.7 Å². The molecule has 1 unspecified atom stereocenters. The lowest BCUT2D eigenvalue weighted by atomic mass is 9.95. The largest absolute Gasteiger partial charge is 0.507 e. The molecule has 198 valence electrons. The van der Waals surface area contributed by atoms with Crippen LogP contribution in [0, 0.1) is 0 Å². The van der Waals surface area contributed by atoms with Crippen molar-refractivity contribution in [1.82, 2.24) is 0 Å². The van der Waals surface area contributed by atoms with Crippen LogP contribution in [0.5, 0.6) is 11.5 Å². The normalized spacial score (nSPS) is 16.8. The summed E-state index contributed by atoms with van der Waals surface area (Å²) in [4.78, 5) is 30.3. The molecule has 1 saturated heterocycles. The Morgan fingerprint density at radius 2 is 1.45 bits per heavy atom. The molecule has 3 aromatic rings. The van der Waals surface area contributed by atoms with Crippen molar-refractivity contribution in [3.63, 3.8) is 0 Å². The average Bonchev–Trinajstić information content (AvgIpc) is 3.14. The Hall–Kier alpha value is -4.26. The van der Waals surface area contributed by atoms with Gasteiger partial charge in [0, 0.05) is 31.0 Å². The molecule has 7 nitrogen and oxygen atoms in total. The molecular formula is C31H34N2O5. The molecule has 7 heteroatoms. The second-order valence-corrected chi connectivity index (χ2v) is 10.0. The Kier molecular flexibility index (Phi) is 7.76. The first-order valence-electron chi connectivity index (χ1n) is 12.7. The van der Waals surface area contributed by atoms with Crippen molar-refractivity contribution in [2.45, 2.75) is 45.9 Å². The second kappa shape index (κ2) is 11.0. The number of amides is 1. The van der Waals surface area contributed by atoms with E-state index < -0.39 is 17.7 Å².